The molecule has 0 bridgehead atoms. The first-order chi connectivity index (χ1) is 11.8. The second kappa shape index (κ2) is 9.55. The lowest BCUT2D eigenvalue weighted by Gasteiger charge is -2.18. The second-order valence-electron chi connectivity index (χ2n) is 5.09. The van der Waals surface area contributed by atoms with E-state index in [0.29, 0.717) is 23.7 Å². The summed E-state index contributed by atoms with van der Waals surface area (Å²) >= 11 is 6.27. The van der Waals surface area contributed by atoms with Gasteiger partial charge in [0.1, 0.15) is 11.6 Å². The van der Waals surface area contributed by atoms with Crippen LogP contribution in [0, 0.1) is 11.3 Å². The number of halogens is 1. The quantitative estimate of drug-likeness (QED) is 0.569. The van der Waals surface area contributed by atoms with E-state index in [-0.39, 0.29) is 16.7 Å². The lowest BCUT2D eigenvalue weighted by atomic mass is 10.1. The number of hydrogen-bond donors (Lipinski definition) is 2. The lowest BCUT2D eigenvalue weighted by Crippen LogP contribution is -2.35. The molecule has 25 heavy (non-hydrogen) atoms. The largest absolute Gasteiger partial charge is 0.490 e. The SMILES string of the molecule is CCOc1cc(/C=C(/C#N)C(=O)NC(N)=O)cc(Cl)c1O[C@H](C)CC. The van der Waals surface area contributed by atoms with Gasteiger partial charge in [-0.1, -0.05) is 18.5 Å². The minimum Gasteiger partial charge on any atom is -0.490 e. The van der Waals surface area contributed by atoms with E-state index in [1.807, 2.05) is 26.1 Å². The van der Waals surface area contributed by atoms with Crippen molar-refractivity contribution in [2.45, 2.75) is 33.3 Å². The van der Waals surface area contributed by atoms with Crippen LogP contribution in [-0.4, -0.2) is 24.6 Å². The standard InChI is InChI=1S/C17H20ClN3O4/c1-4-10(3)25-15-13(18)7-11(8-14(15)24-5-2)6-12(9-19)16(22)21-17(20)23/h6-8,10H,4-5H2,1-3H3,(H3,20,21,22,23)/b12-6-/t10-/m1/s1. The third-order valence-electron chi connectivity index (χ3n) is 3.14. The summed E-state index contributed by atoms with van der Waals surface area (Å²) in [6.45, 7) is 6.08. The van der Waals surface area contributed by atoms with Gasteiger partial charge in [-0.05, 0) is 44.0 Å². The number of nitrogens with one attached hydrogen (secondary N) is 1. The Morgan fingerprint density at radius 1 is 1.44 bits per heavy atom. The second-order valence-corrected chi connectivity index (χ2v) is 5.50. The molecule has 0 heterocycles. The molecule has 0 aromatic heterocycles. The number of carbonyl (C=O) groups is 2. The van der Waals surface area contributed by atoms with Crippen LogP contribution in [0.3, 0.4) is 0 Å². The summed E-state index contributed by atoms with van der Waals surface area (Å²) in [7, 11) is 0. The maximum atomic E-state index is 11.7. The molecule has 0 fully saturated rings. The highest BCUT2D eigenvalue weighted by Crippen LogP contribution is 2.38. The Morgan fingerprint density at radius 3 is 2.64 bits per heavy atom. The topological polar surface area (TPSA) is 114 Å². The van der Waals surface area contributed by atoms with Gasteiger partial charge in [0.2, 0.25) is 0 Å². The monoisotopic (exact) mass is 365 g/mol. The highest BCUT2D eigenvalue weighted by atomic mass is 35.5. The number of ether oxygens (including phenoxy) is 2. The van der Waals surface area contributed by atoms with Gasteiger partial charge in [0.05, 0.1) is 17.7 Å². The van der Waals surface area contributed by atoms with Gasteiger partial charge >= 0.3 is 6.03 Å². The van der Waals surface area contributed by atoms with Gasteiger partial charge in [0, 0.05) is 0 Å². The fourth-order valence-corrected chi connectivity index (χ4v) is 2.09. The number of urea groups is 1. The number of primary amides is 1. The molecule has 0 radical (unpaired) electrons. The first-order valence-corrected chi connectivity index (χ1v) is 8.05. The third kappa shape index (κ3) is 6.01. The van der Waals surface area contributed by atoms with Crippen LogP contribution in [0.4, 0.5) is 4.79 Å². The molecule has 0 saturated carbocycles. The van der Waals surface area contributed by atoms with Crippen molar-refractivity contribution in [3.8, 4) is 17.6 Å². The molecular formula is C17H20ClN3O4. The molecule has 0 spiro atoms. The maximum Gasteiger partial charge on any atom is 0.319 e. The number of carbonyl (C=O) groups excluding carboxylic acids is 2. The van der Waals surface area contributed by atoms with Crippen molar-refractivity contribution >= 4 is 29.6 Å². The van der Waals surface area contributed by atoms with Gasteiger partial charge in [-0.15, -0.1) is 0 Å². The molecule has 8 heteroatoms. The van der Waals surface area contributed by atoms with Crippen LogP contribution in [0.5, 0.6) is 11.5 Å². The molecule has 0 aliphatic heterocycles. The number of nitrogens with zero attached hydrogens (tertiary/aromatic N) is 1. The first-order valence-electron chi connectivity index (χ1n) is 7.67. The van der Waals surface area contributed by atoms with Crippen molar-refractivity contribution in [2.75, 3.05) is 6.61 Å². The lowest BCUT2D eigenvalue weighted by molar-refractivity contribution is -0.115. The summed E-state index contributed by atoms with van der Waals surface area (Å²) < 4.78 is 11.3. The van der Waals surface area contributed by atoms with Gasteiger partial charge in [0.15, 0.2) is 11.5 Å². The highest BCUT2D eigenvalue weighted by molar-refractivity contribution is 6.32. The van der Waals surface area contributed by atoms with Crippen LogP contribution < -0.4 is 20.5 Å². The molecule has 0 aliphatic carbocycles. The fraction of sp³-hybridized carbons (Fsp3) is 0.353. The smallest absolute Gasteiger partial charge is 0.319 e. The van der Waals surface area contributed by atoms with Crippen molar-refractivity contribution in [1.29, 1.82) is 5.26 Å². The minimum atomic E-state index is -1.04. The molecule has 3 amide bonds. The average molecular weight is 366 g/mol. The van der Waals surface area contributed by atoms with Crippen molar-refractivity contribution < 1.29 is 19.1 Å². The summed E-state index contributed by atoms with van der Waals surface area (Å²) in [5.41, 5.74) is 5.03. The van der Waals surface area contributed by atoms with E-state index in [4.69, 9.17) is 32.1 Å². The Balaban J connectivity index is 3.28. The minimum absolute atomic E-state index is 0.0610. The first kappa shape index (κ1) is 20.3. The van der Waals surface area contributed by atoms with E-state index in [2.05, 4.69) is 0 Å². The van der Waals surface area contributed by atoms with Crippen LogP contribution in [0.1, 0.15) is 32.8 Å². The Morgan fingerprint density at radius 2 is 2.12 bits per heavy atom. The van der Waals surface area contributed by atoms with E-state index < -0.39 is 11.9 Å². The number of rotatable bonds is 7. The van der Waals surface area contributed by atoms with Gasteiger partial charge in [0.25, 0.3) is 5.91 Å². The van der Waals surface area contributed by atoms with Crippen LogP contribution in [0.15, 0.2) is 17.7 Å². The Hall–Kier alpha value is -2.72. The zero-order chi connectivity index (χ0) is 19.0. The summed E-state index contributed by atoms with van der Waals surface area (Å²) in [5, 5.41) is 11.2. The third-order valence-corrected chi connectivity index (χ3v) is 3.42. The number of nitrogens with two attached hydrogens (primary N) is 1. The van der Waals surface area contributed by atoms with E-state index in [0.717, 1.165) is 6.42 Å². The number of benzene rings is 1. The van der Waals surface area contributed by atoms with Crippen molar-refractivity contribution in [3.05, 3.63) is 28.3 Å². The van der Waals surface area contributed by atoms with Gasteiger partial charge in [-0.3, -0.25) is 10.1 Å². The van der Waals surface area contributed by atoms with E-state index in [1.165, 1.54) is 12.1 Å². The molecule has 3 N–H and O–H groups in total. The number of imide groups is 1. The molecule has 1 aromatic rings. The fourth-order valence-electron chi connectivity index (χ4n) is 1.83. The molecule has 0 saturated heterocycles. The summed E-state index contributed by atoms with van der Waals surface area (Å²) in [4.78, 5) is 22.5. The van der Waals surface area contributed by atoms with Gasteiger partial charge in [-0.25, -0.2) is 4.79 Å². The maximum absolute atomic E-state index is 11.7. The van der Waals surface area contributed by atoms with Crippen LogP contribution >= 0.6 is 11.6 Å². The van der Waals surface area contributed by atoms with Crippen molar-refractivity contribution in [2.24, 2.45) is 5.73 Å². The summed E-state index contributed by atoms with van der Waals surface area (Å²) in [5.74, 6) is -0.103. The Labute approximate surface area is 151 Å². The predicted octanol–water partition coefficient (Wildman–Crippen LogP) is 3.02. The van der Waals surface area contributed by atoms with Crippen molar-refractivity contribution in [1.82, 2.24) is 5.32 Å². The molecule has 1 atom stereocenters. The summed E-state index contributed by atoms with van der Waals surface area (Å²) in [6, 6.07) is 3.80. The molecule has 0 aliphatic rings. The Bertz CT molecular complexity index is 725. The number of hydrogen-bond acceptors (Lipinski definition) is 5. The molecule has 0 unspecified atom stereocenters. The molecule has 1 rings (SSSR count). The summed E-state index contributed by atoms with van der Waals surface area (Å²) in [6.07, 6.45) is 2.00. The average Bonchev–Trinajstić information content (AvgIpc) is 2.54. The molecule has 1 aromatic carbocycles. The van der Waals surface area contributed by atoms with Crippen LogP contribution in [0.25, 0.3) is 6.08 Å². The molecule has 134 valence electrons. The van der Waals surface area contributed by atoms with E-state index in [9.17, 15) is 9.59 Å². The highest BCUT2D eigenvalue weighted by Gasteiger charge is 2.16. The Kier molecular flexibility index (Phi) is 7.76. The van der Waals surface area contributed by atoms with Crippen molar-refractivity contribution in [3.63, 3.8) is 0 Å². The zero-order valence-corrected chi connectivity index (χ0v) is 15.0. The van der Waals surface area contributed by atoms with Crippen LogP contribution in [0.2, 0.25) is 5.02 Å². The number of nitriles is 1. The normalized spacial score (nSPS) is 12.0. The van der Waals surface area contributed by atoms with E-state index >= 15 is 0 Å². The van der Waals surface area contributed by atoms with Gasteiger partial charge in [-0.2, -0.15) is 5.26 Å². The number of amides is 3. The predicted molar refractivity (Wildman–Crippen MR) is 94.3 cm³/mol. The van der Waals surface area contributed by atoms with E-state index in [1.54, 1.807) is 12.1 Å². The zero-order valence-electron chi connectivity index (χ0n) is 14.3. The van der Waals surface area contributed by atoms with Gasteiger partial charge < -0.3 is 15.2 Å². The van der Waals surface area contributed by atoms with Crippen LogP contribution in [-0.2, 0) is 4.79 Å². The molecule has 7 nitrogen and oxygen atoms in total. The molecular weight excluding hydrogens is 346 g/mol.